The topological polar surface area (TPSA) is 113 Å². The first kappa shape index (κ1) is 11.3. The van der Waals surface area contributed by atoms with E-state index < -0.39 is 11.9 Å². The van der Waals surface area contributed by atoms with Gasteiger partial charge in [0, 0.05) is 6.42 Å². The second-order valence-electron chi connectivity index (χ2n) is 2.30. The number of carbonyl (C=O) groups excluding carboxylic acids is 1. The number of hydrogen-bond acceptors (Lipinski definition) is 6. The largest absolute Gasteiger partial charge is 0.465 e. The Bertz CT molecular complexity index is 141. The van der Waals surface area contributed by atoms with Crippen LogP contribution in [-0.2, 0) is 9.53 Å². The molecule has 5 N–H and O–H groups in total. The molecule has 0 rings (SSSR count). The van der Waals surface area contributed by atoms with Crippen molar-refractivity contribution in [1.29, 1.82) is 0 Å². The van der Waals surface area contributed by atoms with Crippen LogP contribution >= 0.6 is 0 Å². The van der Waals surface area contributed by atoms with Crippen molar-refractivity contribution in [2.45, 2.75) is 18.8 Å². The van der Waals surface area contributed by atoms with Gasteiger partial charge >= 0.3 is 5.97 Å². The summed E-state index contributed by atoms with van der Waals surface area (Å²) in [7, 11) is 0. The highest BCUT2D eigenvalue weighted by Gasteiger charge is 2.16. The van der Waals surface area contributed by atoms with Crippen LogP contribution in [0.15, 0.2) is 0 Å². The summed E-state index contributed by atoms with van der Waals surface area (Å²) < 4.78 is 4.49. The van der Waals surface area contributed by atoms with Gasteiger partial charge in [0.05, 0.1) is 13.2 Å². The maximum atomic E-state index is 10.4. The third-order valence-corrected chi connectivity index (χ3v) is 1.09. The summed E-state index contributed by atoms with van der Waals surface area (Å²) >= 11 is 0. The van der Waals surface area contributed by atoms with Gasteiger partial charge in [-0.05, 0) is 6.42 Å². The van der Waals surface area contributed by atoms with E-state index in [0.717, 1.165) is 0 Å². The number of hydrogen-bond donors (Lipinski definition) is 4. The average molecular weight is 179 g/mol. The summed E-state index contributed by atoms with van der Waals surface area (Å²) in [5.41, 5.74) is 4.92. The van der Waals surface area contributed by atoms with Gasteiger partial charge < -0.3 is 25.8 Å². The molecule has 0 saturated carbocycles. The van der Waals surface area contributed by atoms with Crippen molar-refractivity contribution >= 4 is 5.97 Å². The lowest BCUT2D eigenvalue weighted by Crippen LogP contribution is -2.27. The molecule has 0 heterocycles. The van der Waals surface area contributed by atoms with Crippen molar-refractivity contribution in [1.82, 2.24) is 0 Å². The van der Waals surface area contributed by atoms with Crippen LogP contribution in [0.3, 0.4) is 0 Å². The molecule has 0 aromatic heterocycles. The van der Waals surface area contributed by atoms with E-state index in [0.29, 0.717) is 0 Å². The van der Waals surface area contributed by atoms with Crippen molar-refractivity contribution in [3.8, 4) is 0 Å². The summed E-state index contributed by atoms with van der Waals surface area (Å²) in [6.45, 7) is -0.192. The number of aliphatic hydroxyl groups is 3. The van der Waals surface area contributed by atoms with E-state index in [1.807, 2.05) is 0 Å². The van der Waals surface area contributed by atoms with Gasteiger partial charge in [0.15, 0.2) is 0 Å². The SMILES string of the molecule is NCC(=O)OCCCC(O)(O)O. The van der Waals surface area contributed by atoms with Crippen LogP contribution in [0, 0.1) is 0 Å². The zero-order valence-electron chi connectivity index (χ0n) is 6.56. The van der Waals surface area contributed by atoms with Crippen molar-refractivity contribution in [2.24, 2.45) is 5.73 Å². The van der Waals surface area contributed by atoms with Crippen molar-refractivity contribution in [3.05, 3.63) is 0 Å². The van der Waals surface area contributed by atoms with E-state index in [-0.39, 0.29) is 26.0 Å². The van der Waals surface area contributed by atoms with Crippen LogP contribution in [0.2, 0.25) is 0 Å². The highest BCUT2D eigenvalue weighted by molar-refractivity contribution is 5.71. The molecular weight excluding hydrogens is 166 g/mol. The van der Waals surface area contributed by atoms with E-state index >= 15 is 0 Å². The molecule has 0 bridgehead atoms. The van der Waals surface area contributed by atoms with E-state index in [1.54, 1.807) is 0 Å². The molecule has 0 aliphatic rings. The minimum absolute atomic E-state index is 0.0134. The Labute approximate surface area is 69.6 Å². The van der Waals surface area contributed by atoms with Gasteiger partial charge in [0.2, 0.25) is 0 Å². The predicted octanol–water partition coefficient (Wildman–Crippen LogP) is -2.10. The number of ether oxygens (including phenoxy) is 1. The van der Waals surface area contributed by atoms with Gasteiger partial charge in [-0.25, -0.2) is 0 Å². The van der Waals surface area contributed by atoms with Crippen molar-refractivity contribution < 1.29 is 24.9 Å². The third kappa shape index (κ3) is 7.42. The van der Waals surface area contributed by atoms with Crippen LogP contribution in [0.1, 0.15) is 12.8 Å². The minimum Gasteiger partial charge on any atom is -0.465 e. The predicted molar refractivity (Wildman–Crippen MR) is 38.6 cm³/mol. The normalized spacial score (nSPS) is 11.3. The Morgan fingerprint density at radius 1 is 1.42 bits per heavy atom. The van der Waals surface area contributed by atoms with Crippen LogP contribution < -0.4 is 5.73 Å². The van der Waals surface area contributed by atoms with E-state index in [1.165, 1.54) is 0 Å². The first-order valence-corrected chi connectivity index (χ1v) is 3.48. The maximum absolute atomic E-state index is 10.4. The van der Waals surface area contributed by atoms with Gasteiger partial charge in [-0.1, -0.05) is 0 Å². The lowest BCUT2D eigenvalue weighted by Gasteiger charge is -2.12. The summed E-state index contributed by atoms with van der Waals surface area (Å²) in [4.78, 5) is 10.4. The van der Waals surface area contributed by atoms with Crippen molar-refractivity contribution in [3.63, 3.8) is 0 Å². The van der Waals surface area contributed by atoms with E-state index in [4.69, 9.17) is 21.1 Å². The molecule has 72 valence electrons. The molecule has 0 unspecified atom stereocenters. The molecule has 12 heavy (non-hydrogen) atoms. The lowest BCUT2D eigenvalue weighted by molar-refractivity contribution is -0.315. The maximum Gasteiger partial charge on any atom is 0.319 e. The second-order valence-corrected chi connectivity index (χ2v) is 2.30. The first-order chi connectivity index (χ1) is 5.45. The standard InChI is InChI=1S/C6H13NO5/c7-4-5(8)12-3-1-2-6(9,10)11/h9-11H,1-4,7H2. The fourth-order valence-electron chi connectivity index (χ4n) is 0.554. The van der Waals surface area contributed by atoms with Gasteiger partial charge in [0.25, 0.3) is 5.97 Å². The van der Waals surface area contributed by atoms with E-state index in [9.17, 15) is 4.79 Å². The lowest BCUT2D eigenvalue weighted by atomic mass is 10.3. The van der Waals surface area contributed by atoms with Gasteiger partial charge in [0.1, 0.15) is 0 Å². The Hall–Kier alpha value is -0.690. The fraction of sp³-hybridized carbons (Fsp3) is 0.833. The summed E-state index contributed by atoms with van der Waals surface area (Å²) in [6.07, 6.45) is -0.111. The molecule has 0 fully saturated rings. The smallest absolute Gasteiger partial charge is 0.319 e. The monoisotopic (exact) mass is 179 g/mol. The highest BCUT2D eigenvalue weighted by Crippen LogP contribution is 2.03. The molecule has 0 amide bonds. The molecule has 0 spiro atoms. The summed E-state index contributed by atoms with van der Waals surface area (Å²) in [6, 6.07) is 0. The van der Waals surface area contributed by atoms with Gasteiger partial charge in [-0.15, -0.1) is 0 Å². The fourth-order valence-corrected chi connectivity index (χ4v) is 0.554. The Balaban J connectivity index is 3.28. The van der Waals surface area contributed by atoms with Crippen LogP contribution in [0.4, 0.5) is 0 Å². The van der Waals surface area contributed by atoms with Gasteiger partial charge in [-0.2, -0.15) is 0 Å². The first-order valence-electron chi connectivity index (χ1n) is 3.48. The van der Waals surface area contributed by atoms with Crippen LogP contribution in [0.5, 0.6) is 0 Å². The molecule has 6 heteroatoms. The average Bonchev–Trinajstić information content (AvgIpc) is 1.96. The van der Waals surface area contributed by atoms with E-state index in [2.05, 4.69) is 4.74 Å². The molecule has 0 saturated heterocycles. The summed E-state index contributed by atoms with van der Waals surface area (Å²) in [5.74, 6) is -3.25. The van der Waals surface area contributed by atoms with Gasteiger partial charge in [-0.3, -0.25) is 4.79 Å². The highest BCUT2D eigenvalue weighted by atomic mass is 16.7. The Morgan fingerprint density at radius 2 is 2.00 bits per heavy atom. The zero-order valence-corrected chi connectivity index (χ0v) is 6.56. The third-order valence-electron chi connectivity index (χ3n) is 1.09. The molecule has 6 nitrogen and oxygen atoms in total. The minimum atomic E-state index is -2.69. The Morgan fingerprint density at radius 3 is 2.42 bits per heavy atom. The Kier molecular flexibility index (Phi) is 4.75. The van der Waals surface area contributed by atoms with Crippen LogP contribution in [-0.4, -0.2) is 40.4 Å². The zero-order chi connectivity index (χ0) is 9.61. The molecule has 0 radical (unpaired) electrons. The molecule has 0 atom stereocenters. The summed E-state index contributed by atoms with van der Waals surface area (Å²) in [5, 5.41) is 25.2. The number of rotatable bonds is 5. The molecular formula is C6H13NO5. The molecule has 0 aromatic carbocycles. The van der Waals surface area contributed by atoms with Crippen LogP contribution in [0.25, 0.3) is 0 Å². The molecule has 0 aliphatic carbocycles. The number of esters is 1. The molecule has 0 aromatic rings. The number of carbonyl (C=O) groups is 1. The second kappa shape index (κ2) is 5.04. The quantitative estimate of drug-likeness (QED) is 0.218. The van der Waals surface area contributed by atoms with Crippen molar-refractivity contribution in [2.75, 3.05) is 13.2 Å². The number of nitrogens with two attached hydrogens (primary N) is 1. The molecule has 0 aliphatic heterocycles.